The number of fused-ring (bicyclic) bond motifs is 1. The summed E-state index contributed by atoms with van der Waals surface area (Å²) in [5.41, 5.74) is 2.08. The van der Waals surface area contributed by atoms with Crippen LogP contribution in [0.25, 0.3) is 11.1 Å². The minimum Gasteiger partial charge on any atom is -0.464 e. The number of ether oxygens (including phenoxy) is 1. The van der Waals surface area contributed by atoms with E-state index >= 15 is 0 Å². The van der Waals surface area contributed by atoms with Crippen LogP contribution >= 0.6 is 0 Å². The number of aromatic nitrogens is 1. The van der Waals surface area contributed by atoms with Crippen LogP contribution in [0, 0.1) is 0 Å². The SMILES string of the molecule is COC(=O)c1cc2occc2n1C. The van der Waals surface area contributed by atoms with Crippen molar-refractivity contribution in [1.82, 2.24) is 4.57 Å². The summed E-state index contributed by atoms with van der Waals surface area (Å²) in [4.78, 5) is 11.2. The van der Waals surface area contributed by atoms with Gasteiger partial charge in [0.15, 0.2) is 5.58 Å². The lowest BCUT2D eigenvalue weighted by Gasteiger charge is -1.99. The maximum Gasteiger partial charge on any atom is 0.354 e. The van der Waals surface area contributed by atoms with Crippen molar-refractivity contribution >= 4 is 17.1 Å². The number of aryl methyl sites for hydroxylation is 1. The van der Waals surface area contributed by atoms with Crippen molar-refractivity contribution in [3.05, 3.63) is 24.1 Å². The van der Waals surface area contributed by atoms with Crippen LogP contribution < -0.4 is 0 Å². The van der Waals surface area contributed by atoms with Gasteiger partial charge < -0.3 is 13.7 Å². The zero-order valence-corrected chi connectivity index (χ0v) is 7.40. The van der Waals surface area contributed by atoms with Crippen LogP contribution in [-0.2, 0) is 11.8 Å². The van der Waals surface area contributed by atoms with Crippen LogP contribution in [0.4, 0.5) is 0 Å². The third kappa shape index (κ3) is 1.02. The highest BCUT2D eigenvalue weighted by molar-refractivity contribution is 5.93. The van der Waals surface area contributed by atoms with Gasteiger partial charge in [-0.3, -0.25) is 0 Å². The second kappa shape index (κ2) is 2.65. The predicted molar refractivity (Wildman–Crippen MR) is 46.5 cm³/mol. The van der Waals surface area contributed by atoms with Crippen molar-refractivity contribution in [3.8, 4) is 0 Å². The molecule has 4 heteroatoms. The fraction of sp³-hybridized carbons (Fsp3) is 0.222. The van der Waals surface area contributed by atoms with E-state index in [9.17, 15) is 4.79 Å². The maximum atomic E-state index is 11.2. The standard InChI is InChI=1S/C9H9NO3/c1-10-6-3-4-13-8(6)5-7(10)9(11)12-2/h3-5H,1-2H3. The smallest absolute Gasteiger partial charge is 0.354 e. The number of carbonyl (C=O) groups is 1. The molecule has 0 atom stereocenters. The Bertz CT molecular complexity index is 452. The number of nitrogens with zero attached hydrogens (tertiary/aromatic N) is 1. The van der Waals surface area contributed by atoms with Crippen molar-refractivity contribution in [2.45, 2.75) is 0 Å². The van der Waals surface area contributed by atoms with Crippen molar-refractivity contribution < 1.29 is 13.9 Å². The van der Waals surface area contributed by atoms with Crippen molar-refractivity contribution in [1.29, 1.82) is 0 Å². The van der Waals surface area contributed by atoms with Crippen LogP contribution in [0.15, 0.2) is 22.8 Å². The highest BCUT2D eigenvalue weighted by Crippen LogP contribution is 2.19. The van der Waals surface area contributed by atoms with Gasteiger partial charge in [0.25, 0.3) is 0 Å². The Balaban J connectivity index is 2.64. The molecule has 13 heavy (non-hydrogen) atoms. The zero-order valence-electron chi connectivity index (χ0n) is 7.40. The number of furan rings is 1. The van der Waals surface area contributed by atoms with Gasteiger partial charge in [-0.15, -0.1) is 0 Å². The molecular formula is C9H9NO3. The number of hydrogen-bond donors (Lipinski definition) is 0. The summed E-state index contributed by atoms with van der Waals surface area (Å²) in [6, 6.07) is 3.48. The predicted octanol–water partition coefficient (Wildman–Crippen LogP) is 1.56. The first-order chi connectivity index (χ1) is 6.24. The summed E-state index contributed by atoms with van der Waals surface area (Å²) in [6.07, 6.45) is 1.59. The van der Waals surface area contributed by atoms with E-state index in [1.54, 1.807) is 23.9 Å². The van der Waals surface area contributed by atoms with Gasteiger partial charge in [0, 0.05) is 19.2 Å². The van der Waals surface area contributed by atoms with Gasteiger partial charge in [-0.25, -0.2) is 4.79 Å². The third-order valence-corrected chi connectivity index (χ3v) is 2.06. The molecule has 0 spiro atoms. The average Bonchev–Trinajstić information content (AvgIpc) is 2.68. The minimum absolute atomic E-state index is 0.353. The number of hydrogen-bond acceptors (Lipinski definition) is 3. The molecule has 0 aliphatic rings. The molecule has 0 bridgehead atoms. The molecule has 2 heterocycles. The molecule has 2 rings (SSSR count). The largest absolute Gasteiger partial charge is 0.464 e. The molecule has 0 aliphatic carbocycles. The van der Waals surface area contributed by atoms with E-state index < -0.39 is 0 Å². The average molecular weight is 179 g/mol. The van der Waals surface area contributed by atoms with Gasteiger partial charge in [-0.2, -0.15) is 0 Å². The van der Waals surface area contributed by atoms with Crippen molar-refractivity contribution in [2.24, 2.45) is 7.05 Å². The Kier molecular flexibility index (Phi) is 1.62. The molecule has 2 aromatic rings. The van der Waals surface area contributed by atoms with Gasteiger partial charge in [-0.1, -0.05) is 0 Å². The number of methoxy groups -OCH3 is 1. The summed E-state index contributed by atoms with van der Waals surface area (Å²) in [7, 11) is 3.15. The maximum absolute atomic E-state index is 11.2. The highest BCUT2D eigenvalue weighted by atomic mass is 16.5. The van der Waals surface area contributed by atoms with Gasteiger partial charge in [0.2, 0.25) is 0 Å². The Hall–Kier alpha value is -1.71. The molecule has 68 valence electrons. The van der Waals surface area contributed by atoms with Crippen LogP contribution in [-0.4, -0.2) is 17.6 Å². The van der Waals surface area contributed by atoms with Crippen molar-refractivity contribution in [2.75, 3.05) is 7.11 Å². The summed E-state index contributed by atoms with van der Waals surface area (Å²) in [5, 5.41) is 0. The lowest BCUT2D eigenvalue weighted by molar-refractivity contribution is 0.0590. The first-order valence-corrected chi connectivity index (χ1v) is 3.85. The molecule has 0 saturated carbocycles. The normalized spacial score (nSPS) is 10.6. The topological polar surface area (TPSA) is 44.4 Å². The Morgan fingerprint density at radius 1 is 1.62 bits per heavy atom. The monoisotopic (exact) mass is 179 g/mol. The summed E-state index contributed by atoms with van der Waals surface area (Å²) < 4.78 is 11.5. The second-order valence-electron chi connectivity index (χ2n) is 2.75. The Morgan fingerprint density at radius 2 is 2.38 bits per heavy atom. The first kappa shape index (κ1) is 7.91. The lowest BCUT2D eigenvalue weighted by atomic mass is 10.4. The van der Waals surface area contributed by atoms with Gasteiger partial charge in [0.05, 0.1) is 18.9 Å². The molecule has 0 unspecified atom stereocenters. The first-order valence-electron chi connectivity index (χ1n) is 3.85. The summed E-state index contributed by atoms with van der Waals surface area (Å²) >= 11 is 0. The second-order valence-corrected chi connectivity index (χ2v) is 2.75. The highest BCUT2D eigenvalue weighted by Gasteiger charge is 2.14. The summed E-state index contributed by atoms with van der Waals surface area (Å²) in [5.74, 6) is -0.353. The van der Waals surface area contributed by atoms with E-state index in [0.717, 1.165) is 5.52 Å². The molecule has 0 fully saturated rings. The summed E-state index contributed by atoms with van der Waals surface area (Å²) in [6.45, 7) is 0. The number of esters is 1. The molecule has 0 saturated heterocycles. The molecule has 2 aromatic heterocycles. The molecule has 4 nitrogen and oxygen atoms in total. The van der Waals surface area contributed by atoms with E-state index in [1.165, 1.54) is 7.11 Å². The van der Waals surface area contributed by atoms with Gasteiger partial charge in [0.1, 0.15) is 5.69 Å². The quantitative estimate of drug-likeness (QED) is 0.624. The fourth-order valence-electron chi connectivity index (χ4n) is 1.35. The van der Waals surface area contributed by atoms with E-state index in [1.807, 2.05) is 6.07 Å². The third-order valence-electron chi connectivity index (χ3n) is 2.06. The van der Waals surface area contributed by atoms with E-state index in [4.69, 9.17) is 4.42 Å². The zero-order chi connectivity index (χ0) is 9.42. The van der Waals surface area contributed by atoms with Gasteiger partial charge in [-0.05, 0) is 0 Å². The van der Waals surface area contributed by atoms with Crippen LogP contribution in [0.2, 0.25) is 0 Å². The Labute approximate surface area is 74.7 Å². The molecule has 0 aromatic carbocycles. The molecule has 0 amide bonds. The molecule has 0 N–H and O–H groups in total. The van der Waals surface area contributed by atoms with Crippen LogP contribution in [0.1, 0.15) is 10.5 Å². The van der Waals surface area contributed by atoms with Crippen molar-refractivity contribution in [3.63, 3.8) is 0 Å². The number of carbonyl (C=O) groups excluding carboxylic acids is 1. The molecule has 0 radical (unpaired) electrons. The lowest BCUT2D eigenvalue weighted by Crippen LogP contribution is -2.06. The molecule has 0 aliphatic heterocycles. The Morgan fingerprint density at radius 3 is 3.00 bits per heavy atom. The minimum atomic E-state index is -0.353. The number of rotatable bonds is 1. The van der Waals surface area contributed by atoms with E-state index in [0.29, 0.717) is 11.3 Å². The van der Waals surface area contributed by atoms with Crippen LogP contribution in [0.5, 0.6) is 0 Å². The van der Waals surface area contributed by atoms with Crippen LogP contribution in [0.3, 0.4) is 0 Å². The van der Waals surface area contributed by atoms with Gasteiger partial charge >= 0.3 is 5.97 Å². The fourth-order valence-corrected chi connectivity index (χ4v) is 1.35. The van der Waals surface area contributed by atoms with E-state index in [-0.39, 0.29) is 5.97 Å². The van der Waals surface area contributed by atoms with E-state index in [2.05, 4.69) is 4.74 Å². The molecular weight excluding hydrogens is 170 g/mol.